The largest absolute Gasteiger partial charge is 0.294 e. The lowest BCUT2D eigenvalue weighted by Crippen LogP contribution is -2.07. The van der Waals surface area contributed by atoms with Gasteiger partial charge in [0.05, 0.1) is 11.9 Å². The molecule has 2 aromatic heterocycles. The van der Waals surface area contributed by atoms with E-state index in [-0.39, 0.29) is 0 Å². The molecule has 4 aromatic rings. The fourth-order valence-electron chi connectivity index (χ4n) is 3.56. The molecule has 0 aliphatic heterocycles. The Bertz CT molecular complexity index is 1170. The number of aromatic nitrogens is 4. The molecule has 0 aliphatic rings. The molecule has 0 spiro atoms. The molecule has 0 fully saturated rings. The fraction of sp³-hybridized carbons (Fsp3) is 0.240. The van der Waals surface area contributed by atoms with Crippen molar-refractivity contribution < 1.29 is 0 Å². The third-order valence-corrected chi connectivity index (χ3v) is 5.37. The van der Waals surface area contributed by atoms with E-state index < -0.39 is 0 Å². The predicted octanol–water partition coefficient (Wildman–Crippen LogP) is 5.87. The number of aryl methyl sites for hydroxylation is 5. The molecule has 0 radical (unpaired) electrons. The summed E-state index contributed by atoms with van der Waals surface area (Å²) in [7, 11) is 0. The van der Waals surface area contributed by atoms with Gasteiger partial charge in [0.15, 0.2) is 0 Å². The van der Waals surface area contributed by atoms with Gasteiger partial charge in [-0.1, -0.05) is 37.3 Å². The maximum absolute atomic E-state index is 4.69. The molecular weight excluding hydrogens is 370 g/mol. The van der Waals surface area contributed by atoms with E-state index in [1.165, 1.54) is 16.7 Å². The number of hydrogen-bond acceptors (Lipinski definition) is 4. The highest BCUT2D eigenvalue weighted by atomic mass is 15.3. The van der Waals surface area contributed by atoms with E-state index in [1.54, 1.807) is 0 Å². The number of rotatable bonds is 5. The minimum absolute atomic E-state index is 0.552. The van der Waals surface area contributed by atoms with Crippen LogP contribution in [-0.2, 0) is 6.42 Å². The zero-order chi connectivity index (χ0) is 21.3. The minimum atomic E-state index is 0.552. The Hall–Kier alpha value is -3.47. The number of hydrogen-bond donors (Lipinski definition) is 1. The Kier molecular flexibility index (Phi) is 5.36. The summed E-state index contributed by atoms with van der Waals surface area (Å²) in [5, 5.41) is 3.33. The number of nitrogens with one attached hydrogen (secondary N) is 1. The molecule has 0 unspecified atom stereocenters. The maximum atomic E-state index is 4.69. The van der Waals surface area contributed by atoms with Crippen LogP contribution in [0.4, 0.5) is 11.9 Å². The summed E-state index contributed by atoms with van der Waals surface area (Å²) in [4.78, 5) is 13.7. The fourth-order valence-corrected chi connectivity index (χ4v) is 3.56. The van der Waals surface area contributed by atoms with Crippen LogP contribution in [0.3, 0.4) is 0 Å². The van der Waals surface area contributed by atoms with Crippen molar-refractivity contribution in [2.24, 2.45) is 0 Å². The van der Waals surface area contributed by atoms with E-state index in [9.17, 15) is 0 Å². The summed E-state index contributed by atoms with van der Waals surface area (Å²) < 4.78 is 2.13. The van der Waals surface area contributed by atoms with Crippen LogP contribution in [0.5, 0.6) is 0 Å². The lowest BCUT2D eigenvalue weighted by molar-refractivity contribution is 1.02. The first-order valence-electron chi connectivity index (χ1n) is 10.3. The van der Waals surface area contributed by atoms with E-state index in [4.69, 9.17) is 4.98 Å². The predicted molar refractivity (Wildman–Crippen MR) is 123 cm³/mol. The minimum Gasteiger partial charge on any atom is -0.294 e. The van der Waals surface area contributed by atoms with E-state index in [1.807, 2.05) is 26.1 Å². The summed E-state index contributed by atoms with van der Waals surface area (Å²) in [6.45, 7) is 10.4. The lowest BCUT2D eigenvalue weighted by atomic mass is 10.1. The molecule has 0 atom stereocenters. The van der Waals surface area contributed by atoms with Crippen LogP contribution >= 0.6 is 0 Å². The monoisotopic (exact) mass is 397 g/mol. The van der Waals surface area contributed by atoms with Gasteiger partial charge < -0.3 is 0 Å². The first kappa shape index (κ1) is 19.8. The topological polar surface area (TPSA) is 55.6 Å². The first-order valence-corrected chi connectivity index (χ1v) is 10.3. The molecule has 2 aromatic carbocycles. The van der Waals surface area contributed by atoms with Gasteiger partial charge in [0.25, 0.3) is 0 Å². The number of benzene rings is 2. The summed E-state index contributed by atoms with van der Waals surface area (Å²) >= 11 is 0. The Morgan fingerprint density at radius 3 is 2.17 bits per heavy atom. The lowest BCUT2D eigenvalue weighted by Gasteiger charge is -2.15. The van der Waals surface area contributed by atoms with Crippen molar-refractivity contribution in [1.29, 1.82) is 0 Å². The van der Waals surface area contributed by atoms with Gasteiger partial charge in [-0.15, -0.1) is 0 Å². The standard InChI is InChI=1S/C25H27N5/c1-6-20-8-10-21(11-9-20)23-15-26-25(29-24-27-18(4)14-19(5)28-24)30(23)22-12-7-16(2)17(3)13-22/h7-15H,6H2,1-5H3,(H,26,27,28,29). The molecule has 0 amide bonds. The van der Waals surface area contributed by atoms with Crippen molar-refractivity contribution in [1.82, 2.24) is 19.5 Å². The van der Waals surface area contributed by atoms with Crippen molar-refractivity contribution in [2.45, 2.75) is 41.0 Å². The summed E-state index contributed by atoms with van der Waals surface area (Å²) in [5.74, 6) is 1.24. The van der Waals surface area contributed by atoms with Crippen molar-refractivity contribution in [3.63, 3.8) is 0 Å². The SMILES string of the molecule is CCc1ccc(-c2cnc(Nc3nc(C)cc(C)n3)n2-c2ccc(C)c(C)c2)cc1. The molecule has 5 nitrogen and oxygen atoms in total. The highest BCUT2D eigenvalue weighted by Crippen LogP contribution is 2.30. The summed E-state index contributed by atoms with van der Waals surface area (Å²) in [6.07, 6.45) is 2.93. The Morgan fingerprint density at radius 1 is 0.833 bits per heavy atom. The van der Waals surface area contributed by atoms with Gasteiger partial charge in [0.2, 0.25) is 11.9 Å². The zero-order valence-corrected chi connectivity index (χ0v) is 18.2. The average Bonchev–Trinajstić information content (AvgIpc) is 3.13. The number of imidazole rings is 1. The van der Waals surface area contributed by atoms with Gasteiger partial charge in [-0.3, -0.25) is 9.88 Å². The second-order valence-electron chi connectivity index (χ2n) is 7.72. The highest BCUT2D eigenvalue weighted by Gasteiger charge is 2.16. The summed E-state index contributed by atoms with van der Waals surface area (Å²) in [6, 6.07) is 17.1. The Balaban J connectivity index is 1.85. The smallest absolute Gasteiger partial charge is 0.229 e. The van der Waals surface area contributed by atoms with Crippen molar-refractivity contribution in [3.8, 4) is 16.9 Å². The van der Waals surface area contributed by atoms with Gasteiger partial charge >= 0.3 is 0 Å². The average molecular weight is 398 g/mol. The van der Waals surface area contributed by atoms with Gasteiger partial charge in [-0.25, -0.2) is 15.0 Å². The van der Waals surface area contributed by atoms with Crippen molar-refractivity contribution >= 4 is 11.9 Å². The van der Waals surface area contributed by atoms with Gasteiger partial charge in [0, 0.05) is 22.6 Å². The zero-order valence-electron chi connectivity index (χ0n) is 18.2. The molecule has 1 N–H and O–H groups in total. The van der Waals surface area contributed by atoms with Gasteiger partial charge in [0.1, 0.15) is 0 Å². The van der Waals surface area contributed by atoms with Gasteiger partial charge in [-0.2, -0.15) is 0 Å². The van der Waals surface area contributed by atoms with Gasteiger partial charge in [-0.05, 0) is 69.0 Å². The molecule has 4 rings (SSSR count). The maximum Gasteiger partial charge on any atom is 0.229 e. The third-order valence-electron chi connectivity index (χ3n) is 5.37. The van der Waals surface area contributed by atoms with Crippen LogP contribution in [0.1, 0.15) is 35.0 Å². The normalized spacial score (nSPS) is 11.0. The molecule has 152 valence electrons. The number of anilines is 2. The van der Waals surface area contributed by atoms with E-state index in [0.29, 0.717) is 11.9 Å². The molecular formula is C25H27N5. The molecule has 0 saturated carbocycles. The molecule has 5 heteroatoms. The second kappa shape index (κ2) is 8.11. The highest BCUT2D eigenvalue weighted by molar-refractivity contribution is 5.67. The van der Waals surface area contributed by atoms with Crippen LogP contribution in [0, 0.1) is 27.7 Å². The quantitative estimate of drug-likeness (QED) is 0.458. The molecule has 2 heterocycles. The van der Waals surface area contributed by atoms with Crippen LogP contribution in [0.15, 0.2) is 54.7 Å². The van der Waals surface area contributed by atoms with Crippen LogP contribution in [-0.4, -0.2) is 19.5 Å². The molecule has 30 heavy (non-hydrogen) atoms. The van der Waals surface area contributed by atoms with Crippen LogP contribution in [0.2, 0.25) is 0 Å². The number of nitrogens with zero attached hydrogens (tertiary/aromatic N) is 4. The molecule has 0 saturated heterocycles. The summed E-state index contributed by atoms with van der Waals surface area (Å²) in [5.41, 5.74) is 8.85. The van der Waals surface area contributed by atoms with Crippen molar-refractivity contribution in [2.75, 3.05) is 5.32 Å². The molecule has 0 aliphatic carbocycles. The van der Waals surface area contributed by atoms with E-state index in [0.717, 1.165) is 34.8 Å². The van der Waals surface area contributed by atoms with E-state index in [2.05, 4.69) is 83.1 Å². The third kappa shape index (κ3) is 3.96. The first-order chi connectivity index (χ1) is 14.4. The van der Waals surface area contributed by atoms with Crippen LogP contribution < -0.4 is 5.32 Å². The van der Waals surface area contributed by atoms with E-state index >= 15 is 0 Å². The second-order valence-corrected chi connectivity index (χ2v) is 7.72. The molecule has 0 bridgehead atoms. The Morgan fingerprint density at radius 2 is 1.53 bits per heavy atom. The Labute approximate surface area is 177 Å². The van der Waals surface area contributed by atoms with Crippen LogP contribution in [0.25, 0.3) is 16.9 Å². The van der Waals surface area contributed by atoms with Crippen molar-refractivity contribution in [3.05, 3.63) is 82.8 Å².